The van der Waals surface area contributed by atoms with Crippen molar-refractivity contribution < 1.29 is 19.7 Å². The van der Waals surface area contributed by atoms with Gasteiger partial charge in [0.2, 0.25) is 0 Å². The number of phenolic OH excluding ortho intramolecular Hbond substituents is 2. The molecule has 4 heteroatoms. The Kier molecular flexibility index (Phi) is 3.29. The average Bonchev–Trinajstić information content (AvgIpc) is 2.73. The third-order valence-electron chi connectivity index (χ3n) is 3.91. The van der Waals surface area contributed by atoms with E-state index in [1.54, 1.807) is 42.5 Å². The van der Waals surface area contributed by atoms with E-state index in [9.17, 15) is 15.0 Å². The Balaban J connectivity index is 2.06. The molecule has 1 saturated heterocycles. The lowest BCUT2D eigenvalue weighted by atomic mass is 9.80. The van der Waals surface area contributed by atoms with Gasteiger partial charge < -0.3 is 14.9 Å². The van der Waals surface area contributed by atoms with E-state index in [1.807, 2.05) is 13.0 Å². The highest BCUT2D eigenvalue weighted by atomic mass is 16.6. The summed E-state index contributed by atoms with van der Waals surface area (Å²) in [5.41, 5.74) is 1.57. The number of rotatable bonds is 2. The van der Waals surface area contributed by atoms with Crippen LogP contribution in [0.1, 0.15) is 29.9 Å². The lowest BCUT2D eigenvalue weighted by Crippen LogP contribution is -2.15. The molecule has 0 radical (unpaired) electrons. The van der Waals surface area contributed by atoms with Crippen molar-refractivity contribution in [3.05, 3.63) is 59.7 Å². The van der Waals surface area contributed by atoms with Gasteiger partial charge in [0.25, 0.3) is 0 Å². The van der Waals surface area contributed by atoms with E-state index in [-0.39, 0.29) is 29.5 Å². The van der Waals surface area contributed by atoms with Gasteiger partial charge in [0, 0.05) is 5.92 Å². The van der Waals surface area contributed by atoms with Gasteiger partial charge >= 0.3 is 5.97 Å². The molecule has 1 aliphatic heterocycles. The topological polar surface area (TPSA) is 66.8 Å². The highest BCUT2D eigenvalue weighted by molar-refractivity contribution is 5.82. The van der Waals surface area contributed by atoms with Crippen LogP contribution in [0.2, 0.25) is 0 Å². The number of carbonyl (C=O) groups is 1. The number of benzene rings is 2. The Morgan fingerprint density at radius 2 is 1.52 bits per heavy atom. The van der Waals surface area contributed by atoms with Crippen LogP contribution in [0.5, 0.6) is 11.5 Å². The van der Waals surface area contributed by atoms with E-state index in [0.717, 1.165) is 11.1 Å². The number of hydrogen-bond acceptors (Lipinski definition) is 4. The largest absolute Gasteiger partial charge is 0.508 e. The zero-order chi connectivity index (χ0) is 15.0. The van der Waals surface area contributed by atoms with Crippen LogP contribution in [0.4, 0.5) is 0 Å². The molecule has 1 fully saturated rings. The minimum Gasteiger partial charge on any atom is -0.508 e. The van der Waals surface area contributed by atoms with Crippen LogP contribution in [0, 0.1) is 0 Å². The summed E-state index contributed by atoms with van der Waals surface area (Å²) < 4.78 is 5.37. The predicted octanol–water partition coefficient (Wildman–Crippen LogP) is 2.91. The number of esters is 1. The quantitative estimate of drug-likeness (QED) is 0.832. The summed E-state index contributed by atoms with van der Waals surface area (Å²) in [7, 11) is 0. The van der Waals surface area contributed by atoms with Crippen LogP contribution >= 0.6 is 0 Å². The fourth-order valence-electron chi connectivity index (χ4n) is 3.00. The Labute approximate surface area is 122 Å². The molecule has 0 bridgehead atoms. The molecule has 3 unspecified atom stereocenters. The minimum atomic E-state index is -0.478. The summed E-state index contributed by atoms with van der Waals surface area (Å²) in [5, 5.41) is 19.3. The molecule has 108 valence electrons. The highest BCUT2D eigenvalue weighted by Crippen LogP contribution is 2.44. The Bertz CT molecular complexity index is 680. The molecule has 3 atom stereocenters. The molecule has 0 saturated carbocycles. The van der Waals surface area contributed by atoms with Crippen molar-refractivity contribution >= 4 is 5.97 Å². The lowest BCUT2D eigenvalue weighted by molar-refractivity contribution is -0.141. The SMILES string of the molecule is CC1OC(=O)C(c2cccc(O)c2)C1c1cccc(O)c1. The van der Waals surface area contributed by atoms with Gasteiger partial charge in [-0.05, 0) is 42.3 Å². The summed E-state index contributed by atoms with van der Waals surface area (Å²) in [6, 6.07) is 13.5. The molecule has 0 spiro atoms. The Morgan fingerprint density at radius 1 is 0.952 bits per heavy atom. The fraction of sp³-hybridized carbons (Fsp3) is 0.235. The smallest absolute Gasteiger partial charge is 0.314 e. The van der Waals surface area contributed by atoms with Gasteiger partial charge in [-0.2, -0.15) is 0 Å². The van der Waals surface area contributed by atoms with E-state index >= 15 is 0 Å². The summed E-state index contributed by atoms with van der Waals surface area (Å²) in [6.07, 6.45) is -0.286. The number of aromatic hydroxyl groups is 2. The molecule has 0 aromatic heterocycles. The maximum atomic E-state index is 12.2. The number of carbonyl (C=O) groups excluding carboxylic acids is 1. The van der Waals surface area contributed by atoms with Crippen molar-refractivity contribution in [1.82, 2.24) is 0 Å². The maximum Gasteiger partial charge on any atom is 0.314 e. The first-order chi connectivity index (χ1) is 10.1. The van der Waals surface area contributed by atoms with Gasteiger partial charge in [0.05, 0.1) is 5.92 Å². The first-order valence-corrected chi connectivity index (χ1v) is 6.84. The zero-order valence-corrected chi connectivity index (χ0v) is 11.6. The number of hydrogen-bond donors (Lipinski definition) is 2. The standard InChI is InChI=1S/C17H16O4/c1-10-15(11-4-2-6-13(18)8-11)16(17(20)21-10)12-5-3-7-14(19)9-12/h2-10,15-16,18-19H,1H3. The van der Waals surface area contributed by atoms with Crippen molar-refractivity contribution in [1.29, 1.82) is 0 Å². The normalized spacial score (nSPS) is 24.8. The van der Waals surface area contributed by atoms with Crippen LogP contribution in [0.3, 0.4) is 0 Å². The molecule has 2 N–H and O–H groups in total. The van der Waals surface area contributed by atoms with E-state index in [1.165, 1.54) is 0 Å². The molecule has 1 heterocycles. The second kappa shape index (κ2) is 5.13. The Hall–Kier alpha value is -2.49. The average molecular weight is 284 g/mol. The number of phenols is 2. The molecule has 2 aromatic rings. The molecule has 21 heavy (non-hydrogen) atoms. The third kappa shape index (κ3) is 2.44. The summed E-state index contributed by atoms with van der Waals surface area (Å²) in [5.74, 6) is -0.690. The van der Waals surface area contributed by atoms with E-state index in [0.29, 0.717) is 0 Å². The molecule has 2 aromatic carbocycles. The molecule has 1 aliphatic rings. The van der Waals surface area contributed by atoms with Crippen molar-refractivity contribution in [3.8, 4) is 11.5 Å². The fourth-order valence-corrected chi connectivity index (χ4v) is 3.00. The third-order valence-corrected chi connectivity index (χ3v) is 3.91. The lowest BCUT2D eigenvalue weighted by Gasteiger charge is -2.19. The van der Waals surface area contributed by atoms with Gasteiger partial charge in [-0.15, -0.1) is 0 Å². The van der Waals surface area contributed by atoms with E-state index in [2.05, 4.69) is 0 Å². The second-order valence-electron chi connectivity index (χ2n) is 5.34. The van der Waals surface area contributed by atoms with Crippen LogP contribution < -0.4 is 0 Å². The molecular formula is C17H16O4. The van der Waals surface area contributed by atoms with Gasteiger partial charge in [0.15, 0.2) is 0 Å². The van der Waals surface area contributed by atoms with Gasteiger partial charge in [-0.3, -0.25) is 4.79 Å². The maximum absolute atomic E-state index is 12.2. The molecule has 0 aliphatic carbocycles. The molecule has 0 amide bonds. The van der Waals surface area contributed by atoms with Crippen LogP contribution in [-0.4, -0.2) is 22.3 Å². The van der Waals surface area contributed by atoms with Crippen LogP contribution in [-0.2, 0) is 9.53 Å². The van der Waals surface area contributed by atoms with Crippen molar-refractivity contribution in [3.63, 3.8) is 0 Å². The number of ether oxygens (including phenoxy) is 1. The minimum absolute atomic E-state index is 0.120. The van der Waals surface area contributed by atoms with Gasteiger partial charge in [0.1, 0.15) is 17.6 Å². The van der Waals surface area contributed by atoms with Crippen LogP contribution in [0.25, 0.3) is 0 Å². The van der Waals surface area contributed by atoms with Crippen molar-refractivity contribution in [2.75, 3.05) is 0 Å². The first-order valence-electron chi connectivity index (χ1n) is 6.84. The van der Waals surface area contributed by atoms with Crippen molar-refractivity contribution in [2.45, 2.75) is 24.9 Å². The Morgan fingerprint density at radius 3 is 2.14 bits per heavy atom. The van der Waals surface area contributed by atoms with Crippen LogP contribution in [0.15, 0.2) is 48.5 Å². The molecule has 4 nitrogen and oxygen atoms in total. The predicted molar refractivity (Wildman–Crippen MR) is 77.2 cm³/mol. The summed E-state index contributed by atoms with van der Waals surface area (Å²) in [6.45, 7) is 1.84. The summed E-state index contributed by atoms with van der Waals surface area (Å²) in [4.78, 5) is 12.2. The number of cyclic esters (lactones) is 1. The highest BCUT2D eigenvalue weighted by Gasteiger charge is 2.44. The monoisotopic (exact) mass is 284 g/mol. The molecule has 3 rings (SSSR count). The zero-order valence-electron chi connectivity index (χ0n) is 11.6. The van der Waals surface area contributed by atoms with E-state index in [4.69, 9.17) is 4.74 Å². The van der Waals surface area contributed by atoms with E-state index < -0.39 is 5.92 Å². The van der Waals surface area contributed by atoms with Gasteiger partial charge in [-0.25, -0.2) is 0 Å². The summed E-state index contributed by atoms with van der Waals surface area (Å²) >= 11 is 0. The molecular weight excluding hydrogens is 268 g/mol. The van der Waals surface area contributed by atoms with Crippen molar-refractivity contribution in [2.24, 2.45) is 0 Å². The first kappa shape index (κ1) is 13.5. The van der Waals surface area contributed by atoms with Gasteiger partial charge in [-0.1, -0.05) is 24.3 Å². The second-order valence-corrected chi connectivity index (χ2v) is 5.34.